The fraction of sp³-hybridized carbons (Fsp3) is 0. The van der Waals surface area contributed by atoms with Gasteiger partial charge in [0.2, 0.25) is 0 Å². The first kappa shape index (κ1) is 14.9. The van der Waals surface area contributed by atoms with Crippen molar-refractivity contribution in [3.63, 3.8) is 0 Å². The second kappa shape index (κ2) is 6.15. The molecular weight excluding hydrogens is 317 g/mol. The third-order valence-electron chi connectivity index (χ3n) is 4.84. The second-order valence-electron chi connectivity index (χ2n) is 6.35. The SMILES string of the molecule is c1ccc(N2B(c3cccnc3)c3cccnc3-c3ccccc32)cc1. The van der Waals surface area contributed by atoms with Crippen LogP contribution in [0.25, 0.3) is 11.3 Å². The lowest BCUT2D eigenvalue weighted by Gasteiger charge is -2.38. The van der Waals surface area contributed by atoms with Crippen molar-refractivity contribution in [3.05, 3.63) is 97.5 Å². The van der Waals surface area contributed by atoms with Crippen LogP contribution >= 0.6 is 0 Å². The van der Waals surface area contributed by atoms with Crippen LogP contribution in [0.1, 0.15) is 0 Å². The maximum Gasteiger partial charge on any atom is 0.331 e. The molecule has 26 heavy (non-hydrogen) atoms. The molecule has 0 saturated carbocycles. The predicted octanol–water partition coefficient (Wildman–Crippen LogP) is 3.40. The quantitative estimate of drug-likeness (QED) is 0.527. The van der Waals surface area contributed by atoms with Crippen LogP contribution in [-0.2, 0) is 0 Å². The van der Waals surface area contributed by atoms with E-state index in [0.717, 1.165) is 22.4 Å². The van der Waals surface area contributed by atoms with Crippen LogP contribution in [0.4, 0.5) is 11.4 Å². The van der Waals surface area contributed by atoms with Gasteiger partial charge in [0.05, 0.1) is 5.69 Å². The number of aromatic nitrogens is 2. The van der Waals surface area contributed by atoms with Crippen molar-refractivity contribution in [2.45, 2.75) is 0 Å². The summed E-state index contributed by atoms with van der Waals surface area (Å²) in [5, 5.41) is 0. The van der Waals surface area contributed by atoms with Crippen molar-refractivity contribution >= 4 is 29.1 Å². The Bertz CT molecular complexity index is 964. The molecule has 3 nitrogen and oxygen atoms in total. The Balaban J connectivity index is 1.83. The minimum atomic E-state index is 0.0321. The van der Waals surface area contributed by atoms with Gasteiger partial charge in [-0.25, -0.2) is 0 Å². The zero-order valence-corrected chi connectivity index (χ0v) is 14.2. The number of benzene rings is 2. The molecule has 3 heterocycles. The van der Waals surface area contributed by atoms with Crippen LogP contribution in [0.2, 0.25) is 0 Å². The summed E-state index contributed by atoms with van der Waals surface area (Å²) in [7, 11) is 0. The van der Waals surface area contributed by atoms with Crippen LogP contribution in [0.3, 0.4) is 0 Å². The van der Waals surface area contributed by atoms with Crippen LogP contribution in [0.15, 0.2) is 97.5 Å². The van der Waals surface area contributed by atoms with Crippen LogP contribution in [-0.4, -0.2) is 16.8 Å². The van der Waals surface area contributed by atoms with Gasteiger partial charge in [-0.05, 0) is 41.3 Å². The lowest BCUT2D eigenvalue weighted by molar-refractivity contribution is 1.28. The Morgan fingerprint density at radius 1 is 0.731 bits per heavy atom. The first-order chi connectivity index (χ1) is 12.9. The van der Waals surface area contributed by atoms with E-state index in [0.29, 0.717) is 0 Å². The van der Waals surface area contributed by atoms with Gasteiger partial charge in [0.1, 0.15) is 0 Å². The fourth-order valence-corrected chi connectivity index (χ4v) is 3.77. The van der Waals surface area contributed by atoms with E-state index >= 15 is 0 Å². The molecule has 5 rings (SSSR count). The predicted molar refractivity (Wildman–Crippen MR) is 108 cm³/mol. The molecule has 0 atom stereocenters. The van der Waals surface area contributed by atoms with E-state index in [1.54, 1.807) is 0 Å². The highest BCUT2D eigenvalue weighted by atomic mass is 15.1. The van der Waals surface area contributed by atoms with Crippen LogP contribution in [0.5, 0.6) is 0 Å². The zero-order chi connectivity index (χ0) is 17.3. The average Bonchev–Trinajstić information content (AvgIpc) is 2.74. The number of nitrogens with zero attached hydrogens (tertiary/aromatic N) is 3. The second-order valence-corrected chi connectivity index (χ2v) is 6.35. The van der Waals surface area contributed by atoms with E-state index in [4.69, 9.17) is 4.98 Å². The first-order valence-corrected chi connectivity index (χ1v) is 8.72. The molecule has 0 radical (unpaired) electrons. The van der Waals surface area contributed by atoms with Gasteiger partial charge in [-0.15, -0.1) is 0 Å². The van der Waals surface area contributed by atoms with Crippen molar-refractivity contribution < 1.29 is 0 Å². The van der Waals surface area contributed by atoms with E-state index in [9.17, 15) is 0 Å². The molecule has 0 N–H and O–H groups in total. The van der Waals surface area contributed by atoms with E-state index in [1.165, 1.54) is 11.2 Å². The van der Waals surface area contributed by atoms with Crippen LogP contribution < -0.4 is 15.7 Å². The number of hydrogen-bond donors (Lipinski definition) is 0. The molecule has 2 aromatic heterocycles. The molecule has 2 aromatic carbocycles. The maximum atomic E-state index is 4.72. The third-order valence-corrected chi connectivity index (χ3v) is 4.84. The maximum absolute atomic E-state index is 4.72. The third kappa shape index (κ3) is 2.31. The summed E-state index contributed by atoms with van der Waals surface area (Å²) in [5.74, 6) is 0. The van der Waals surface area contributed by atoms with Crippen molar-refractivity contribution in [3.8, 4) is 11.3 Å². The molecule has 4 aromatic rings. The highest BCUT2D eigenvalue weighted by Gasteiger charge is 2.37. The summed E-state index contributed by atoms with van der Waals surface area (Å²) in [6, 6.07) is 27.3. The minimum absolute atomic E-state index is 0.0321. The van der Waals surface area contributed by atoms with Gasteiger partial charge in [-0.1, -0.05) is 48.5 Å². The molecule has 0 aliphatic carbocycles. The van der Waals surface area contributed by atoms with E-state index in [2.05, 4.69) is 70.5 Å². The van der Waals surface area contributed by atoms with E-state index in [-0.39, 0.29) is 6.85 Å². The van der Waals surface area contributed by atoms with Gasteiger partial charge in [0, 0.05) is 35.5 Å². The smallest absolute Gasteiger partial charge is 0.331 e. The lowest BCUT2D eigenvalue weighted by Crippen LogP contribution is -2.57. The van der Waals surface area contributed by atoms with Gasteiger partial charge >= 0.3 is 6.85 Å². The van der Waals surface area contributed by atoms with Gasteiger partial charge in [0.25, 0.3) is 0 Å². The monoisotopic (exact) mass is 333 g/mol. The Morgan fingerprint density at radius 3 is 2.38 bits per heavy atom. The molecule has 122 valence electrons. The van der Waals surface area contributed by atoms with E-state index in [1.807, 2.05) is 36.8 Å². The highest BCUT2D eigenvalue weighted by Crippen LogP contribution is 2.38. The number of hydrogen-bond acceptors (Lipinski definition) is 3. The largest absolute Gasteiger partial charge is 0.376 e. The average molecular weight is 333 g/mol. The van der Waals surface area contributed by atoms with Gasteiger partial charge in [-0.2, -0.15) is 0 Å². The summed E-state index contributed by atoms with van der Waals surface area (Å²) < 4.78 is 0. The first-order valence-electron chi connectivity index (χ1n) is 8.72. The van der Waals surface area contributed by atoms with Crippen LogP contribution in [0, 0.1) is 0 Å². The number of anilines is 2. The molecular formula is C22H16BN3. The molecule has 0 spiro atoms. The van der Waals surface area contributed by atoms with Gasteiger partial charge < -0.3 is 4.81 Å². The van der Waals surface area contributed by atoms with Crippen molar-refractivity contribution in [2.24, 2.45) is 0 Å². The normalized spacial score (nSPS) is 12.5. The van der Waals surface area contributed by atoms with Crippen molar-refractivity contribution in [1.82, 2.24) is 9.97 Å². The summed E-state index contributed by atoms with van der Waals surface area (Å²) in [6.07, 6.45) is 5.64. The molecule has 0 unspecified atom stereocenters. The number of para-hydroxylation sites is 2. The number of fused-ring (bicyclic) bond motifs is 3. The Morgan fingerprint density at radius 2 is 1.54 bits per heavy atom. The summed E-state index contributed by atoms with van der Waals surface area (Å²) in [6.45, 7) is 0.0321. The van der Waals surface area contributed by atoms with Crippen molar-refractivity contribution in [1.29, 1.82) is 0 Å². The highest BCUT2D eigenvalue weighted by molar-refractivity contribution is 6.90. The molecule has 0 saturated heterocycles. The standard InChI is InChI=1S/C22H16BN3/c1-2-9-18(10-3-1)26-21-13-5-4-11-19(21)22-20(12-7-15-25-22)23(26)17-8-6-14-24-16-17/h1-16H. The Kier molecular flexibility index (Phi) is 3.53. The topological polar surface area (TPSA) is 29.0 Å². The summed E-state index contributed by atoms with van der Waals surface area (Å²) >= 11 is 0. The summed E-state index contributed by atoms with van der Waals surface area (Å²) in [5.41, 5.74) is 6.88. The Hall–Kier alpha value is -3.40. The molecule has 0 amide bonds. The lowest BCUT2D eigenvalue weighted by atomic mass is 9.46. The fourth-order valence-electron chi connectivity index (χ4n) is 3.77. The number of pyridine rings is 2. The molecule has 0 fully saturated rings. The Labute approximate surface area is 153 Å². The molecule has 1 aliphatic heterocycles. The molecule has 1 aliphatic rings. The minimum Gasteiger partial charge on any atom is -0.376 e. The van der Waals surface area contributed by atoms with Gasteiger partial charge in [-0.3, -0.25) is 9.97 Å². The van der Waals surface area contributed by atoms with Gasteiger partial charge in [0.15, 0.2) is 0 Å². The molecule has 4 heteroatoms. The number of rotatable bonds is 2. The molecule has 0 bridgehead atoms. The summed E-state index contributed by atoms with van der Waals surface area (Å²) in [4.78, 5) is 11.5. The zero-order valence-electron chi connectivity index (χ0n) is 14.2. The van der Waals surface area contributed by atoms with E-state index < -0.39 is 0 Å². The van der Waals surface area contributed by atoms with Crippen molar-refractivity contribution in [2.75, 3.05) is 4.81 Å².